The predicted octanol–water partition coefficient (Wildman–Crippen LogP) is 1.92. The van der Waals surface area contributed by atoms with Gasteiger partial charge in [0, 0.05) is 31.0 Å². The summed E-state index contributed by atoms with van der Waals surface area (Å²) in [6, 6.07) is 4.08. The summed E-state index contributed by atoms with van der Waals surface area (Å²) in [5.41, 5.74) is 3.93. The monoisotopic (exact) mass is 219 g/mol. The van der Waals surface area contributed by atoms with E-state index in [-0.39, 0.29) is 0 Å². The average Bonchev–Trinajstić information content (AvgIpc) is 2.85. The maximum atomic E-state index is 5.01. The van der Waals surface area contributed by atoms with E-state index in [1.807, 2.05) is 6.07 Å². The molecule has 2 aromatic rings. The zero-order valence-corrected chi connectivity index (χ0v) is 9.95. The Kier molecular flexibility index (Phi) is 3.10. The second-order valence-electron chi connectivity index (χ2n) is 4.04. The Morgan fingerprint density at radius 1 is 1.38 bits per heavy atom. The van der Waals surface area contributed by atoms with Gasteiger partial charge in [-0.2, -0.15) is 0 Å². The second-order valence-corrected chi connectivity index (χ2v) is 4.04. The number of nitrogens with one attached hydrogen (secondary N) is 1. The zero-order chi connectivity index (χ0) is 11.5. The molecule has 0 aliphatic heterocycles. The number of aryl methyl sites for hydroxylation is 1. The Morgan fingerprint density at radius 2 is 2.19 bits per heavy atom. The molecule has 0 fully saturated rings. The Morgan fingerprint density at radius 3 is 2.75 bits per heavy atom. The molecule has 0 aliphatic carbocycles. The molecule has 0 aromatic carbocycles. The minimum Gasteiger partial charge on any atom is -0.360 e. The first-order chi connectivity index (χ1) is 7.68. The zero-order valence-electron chi connectivity index (χ0n) is 9.95. The Labute approximate surface area is 95.2 Å². The second kappa shape index (κ2) is 4.53. The molecule has 16 heavy (non-hydrogen) atoms. The van der Waals surface area contributed by atoms with Crippen LogP contribution in [-0.4, -0.2) is 9.72 Å². The normalized spacial score (nSPS) is 10.9. The van der Waals surface area contributed by atoms with Crippen LogP contribution in [0.2, 0.25) is 0 Å². The van der Waals surface area contributed by atoms with Gasteiger partial charge in [0.05, 0.1) is 12.7 Å². The van der Waals surface area contributed by atoms with Gasteiger partial charge in [-0.05, 0) is 25.5 Å². The van der Waals surface area contributed by atoms with Gasteiger partial charge in [-0.1, -0.05) is 5.16 Å². The number of hydrogen-bond acceptors (Lipinski definition) is 3. The molecular formula is C12H17N3O. The van der Waals surface area contributed by atoms with E-state index in [4.69, 9.17) is 4.52 Å². The van der Waals surface area contributed by atoms with Gasteiger partial charge in [0.1, 0.15) is 5.76 Å². The van der Waals surface area contributed by atoms with E-state index >= 15 is 0 Å². The van der Waals surface area contributed by atoms with Crippen LogP contribution >= 0.6 is 0 Å². The number of rotatable bonds is 4. The molecule has 4 nitrogen and oxygen atoms in total. The van der Waals surface area contributed by atoms with Crippen molar-refractivity contribution >= 4 is 0 Å². The van der Waals surface area contributed by atoms with Crippen LogP contribution in [0, 0.1) is 13.8 Å². The quantitative estimate of drug-likeness (QED) is 0.854. The first-order valence-electron chi connectivity index (χ1n) is 5.40. The topological polar surface area (TPSA) is 43.0 Å². The number of aromatic nitrogens is 2. The third kappa shape index (κ3) is 2.17. The molecule has 0 amide bonds. The van der Waals surface area contributed by atoms with E-state index in [0.717, 1.165) is 12.3 Å². The maximum absolute atomic E-state index is 5.01. The van der Waals surface area contributed by atoms with Crippen molar-refractivity contribution in [2.75, 3.05) is 0 Å². The van der Waals surface area contributed by atoms with Crippen molar-refractivity contribution in [3.05, 3.63) is 41.0 Å². The lowest BCUT2D eigenvalue weighted by atomic mass is 10.2. The summed E-state index contributed by atoms with van der Waals surface area (Å²) in [5.74, 6) is 0.866. The summed E-state index contributed by atoms with van der Waals surface area (Å²) in [5, 5.41) is 7.00. The Hall–Kier alpha value is -1.55. The van der Waals surface area contributed by atoms with Crippen LogP contribution in [0.25, 0.3) is 0 Å². The van der Waals surface area contributed by atoms with Gasteiger partial charge in [0.25, 0.3) is 0 Å². The molecule has 0 radical (unpaired) electrons. The van der Waals surface area contributed by atoms with Crippen molar-refractivity contribution in [1.82, 2.24) is 15.0 Å². The molecule has 0 spiro atoms. The molecule has 0 aliphatic rings. The molecule has 2 aromatic heterocycles. The summed E-state index contributed by atoms with van der Waals surface area (Å²) in [6.45, 7) is 5.83. The molecule has 0 bridgehead atoms. The van der Waals surface area contributed by atoms with E-state index in [1.54, 1.807) is 6.20 Å². The molecule has 0 saturated carbocycles. The SMILES string of the molecule is Cc1cc(CNCc2ccno2)c(C)n1C. The van der Waals surface area contributed by atoms with Crippen LogP contribution in [-0.2, 0) is 20.1 Å². The molecular weight excluding hydrogens is 202 g/mol. The Bertz CT molecular complexity index is 457. The highest BCUT2D eigenvalue weighted by molar-refractivity contribution is 5.26. The number of nitrogens with zero attached hydrogens (tertiary/aromatic N) is 2. The van der Waals surface area contributed by atoms with Gasteiger partial charge in [-0.3, -0.25) is 0 Å². The van der Waals surface area contributed by atoms with Crippen LogP contribution in [0.5, 0.6) is 0 Å². The molecule has 0 unspecified atom stereocenters. The van der Waals surface area contributed by atoms with E-state index in [9.17, 15) is 0 Å². The largest absolute Gasteiger partial charge is 0.360 e. The van der Waals surface area contributed by atoms with E-state index in [1.165, 1.54) is 17.0 Å². The standard InChI is InChI=1S/C12H17N3O/c1-9-6-11(10(2)15(9)3)7-13-8-12-4-5-14-16-12/h4-6,13H,7-8H2,1-3H3. The molecule has 0 atom stereocenters. The van der Waals surface area contributed by atoms with Gasteiger partial charge in [-0.15, -0.1) is 0 Å². The van der Waals surface area contributed by atoms with E-state index < -0.39 is 0 Å². The molecule has 0 saturated heterocycles. The highest BCUT2D eigenvalue weighted by atomic mass is 16.5. The highest BCUT2D eigenvalue weighted by Crippen LogP contribution is 2.12. The third-order valence-corrected chi connectivity index (χ3v) is 2.99. The van der Waals surface area contributed by atoms with Crippen LogP contribution in [0.3, 0.4) is 0 Å². The van der Waals surface area contributed by atoms with Crippen LogP contribution in [0.15, 0.2) is 22.9 Å². The molecule has 1 N–H and O–H groups in total. The van der Waals surface area contributed by atoms with Crippen molar-refractivity contribution in [1.29, 1.82) is 0 Å². The summed E-state index contributed by atoms with van der Waals surface area (Å²) < 4.78 is 7.21. The average molecular weight is 219 g/mol. The fourth-order valence-corrected chi connectivity index (χ4v) is 1.77. The Balaban J connectivity index is 1.92. The van der Waals surface area contributed by atoms with Crippen LogP contribution in [0.1, 0.15) is 22.7 Å². The summed E-state index contributed by atoms with van der Waals surface area (Å²) >= 11 is 0. The van der Waals surface area contributed by atoms with Crippen LogP contribution < -0.4 is 5.32 Å². The smallest absolute Gasteiger partial charge is 0.150 e. The fourth-order valence-electron chi connectivity index (χ4n) is 1.77. The van der Waals surface area contributed by atoms with E-state index in [2.05, 4.69) is 42.0 Å². The van der Waals surface area contributed by atoms with Crippen LogP contribution in [0.4, 0.5) is 0 Å². The number of hydrogen-bond donors (Lipinski definition) is 1. The lowest BCUT2D eigenvalue weighted by Gasteiger charge is -2.03. The molecule has 86 valence electrons. The third-order valence-electron chi connectivity index (χ3n) is 2.99. The maximum Gasteiger partial charge on any atom is 0.150 e. The van der Waals surface area contributed by atoms with Gasteiger partial charge in [0.2, 0.25) is 0 Å². The predicted molar refractivity (Wildman–Crippen MR) is 61.9 cm³/mol. The molecule has 2 heterocycles. The van der Waals surface area contributed by atoms with Crippen molar-refractivity contribution in [2.45, 2.75) is 26.9 Å². The summed E-state index contributed by atoms with van der Waals surface area (Å²) in [4.78, 5) is 0. The van der Waals surface area contributed by atoms with E-state index in [0.29, 0.717) is 6.54 Å². The van der Waals surface area contributed by atoms with Gasteiger partial charge in [-0.25, -0.2) is 0 Å². The van der Waals surface area contributed by atoms with Crippen molar-refractivity contribution in [3.63, 3.8) is 0 Å². The molecule has 4 heteroatoms. The van der Waals surface area contributed by atoms with Gasteiger partial charge in [0.15, 0.2) is 0 Å². The van der Waals surface area contributed by atoms with Crippen molar-refractivity contribution < 1.29 is 4.52 Å². The van der Waals surface area contributed by atoms with Crippen molar-refractivity contribution in [3.8, 4) is 0 Å². The lowest BCUT2D eigenvalue weighted by molar-refractivity contribution is 0.372. The first-order valence-corrected chi connectivity index (χ1v) is 5.40. The van der Waals surface area contributed by atoms with Crippen molar-refractivity contribution in [2.24, 2.45) is 7.05 Å². The lowest BCUT2D eigenvalue weighted by Crippen LogP contribution is -2.12. The minimum absolute atomic E-state index is 0.716. The summed E-state index contributed by atoms with van der Waals surface area (Å²) in [6.07, 6.45) is 1.66. The highest BCUT2D eigenvalue weighted by Gasteiger charge is 2.05. The fraction of sp³-hybridized carbons (Fsp3) is 0.417. The first kappa shape index (κ1) is 11.0. The minimum atomic E-state index is 0.716. The summed E-state index contributed by atoms with van der Waals surface area (Å²) in [7, 11) is 2.09. The molecule has 2 rings (SSSR count). The van der Waals surface area contributed by atoms with Gasteiger partial charge < -0.3 is 14.4 Å². The van der Waals surface area contributed by atoms with Gasteiger partial charge >= 0.3 is 0 Å².